The van der Waals surface area contributed by atoms with E-state index < -0.39 is 0 Å². The van der Waals surface area contributed by atoms with Crippen LogP contribution in [0.2, 0.25) is 0 Å². The van der Waals surface area contributed by atoms with Crippen LogP contribution in [0.15, 0.2) is 36.4 Å². The van der Waals surface area contributed by atoms with Gasteiger partial charge in [0, 0.05) is 10.9 Å². The molecule has 0 spiro atoms. The third-order valence-corrected chi connectivity index (χ3v) is 4.11. The van der Waals surface area contributed by atoms with Gasteiger partial charge in [0.15, 0.2) is 0 Å². The van der Waals surface area contributed by atoms with Gasteiger partial charge in [-0.15, -0.1) is 0 Å². The van der Waals surface area contributed by atoms with Gasteiger partial charge in [0.05, 0.1) is 18.2 Å². The van der Waals surface area contributed by atoms with Gasteiger partial charge in [0.2, 0.25) is 0 Å². The summed E-state index contributed by atoms with van der Waals surface area (Å²) in [5, 5.41) is 10.3. The molecule has 3 aromatic rings. The first-order chi connectivity index (χ1) is 10.1. The molecular weight excluding hydrogens is 256 g/mol. The lowest BCUT2D eigenvalue weighted by Crippen LogP contribution is -1.88. The summed E-state index contributed by atoms with van der Waals surface area (Å²) in [5.74, 6) is 0. The average Bonchev–Trinajstić information content (AvgIpc) is 2.81. The molecule has 0 aliphatic rings. The topological polar surface area (TPSA) is 39.6 Å². The lowest BCUT2D eigenvalue weighted by atomic mass is 9.99. The predicted molar refractivity (Wildman–Crippen MR) is 87.3 cm³/mol. The molecule has 1 heterocycles. The second-order valence-electron chi connectivity index (χ2n) is 5.66. The van der Waals surface area contributed by atoms with E-state index in [1.54, 1.807) is 0 Å². The second kappa shape index (κ2) is 5.10. The molecular formula is C19H18N2. The Kier molecular flexibility index (Phi) is 3.27. The van der Waals surface area contributed by atoms with Gasteiger partial charge in [-0.3, -0.25) is 0 Å². The van der Waals surface area contributed by atoms with Crippen molar-refractivity contribution >= 4 is 10.9 Å². The van der Waals surface area contributed by atoms with E-state index in [0.29, 0.717) is 6.42 Å². The molecule has 0 fully saturated rings. The highest BCUT2D eigenvalue weighted by molar-refractivity contribution is 5.91. The molecule has 2 aromatic carbocycles. The number of H-pyrrole nitrogens is 1. The number of nitriles is 1. The first-order valence-corrected chi connectivity index (χ1v) is 7.16. The molecule has 0 saturated carbocycles. The molecule has 0 unspecified atom stereocenters. The summed E-state index contributed by atoms with van der Waals surface area (Å²) in [6.07, 6.45) is 0.422. The van der Waals surface area contributed by atoms with Crippen molar-refractivity contribution in [3.63, 3.8) is 0 Å². The molecule has 0 radical (unpaired) electrons. The van der Waals surface area contributed by atoms with Crippen LogP contribution in [0, 0.1) is 32.1 Å². The standard InChI is InChI=1S/C19H18N2/c1-12-4-7-18-17(10-12)16(8-9-20)19(21-18)15-6-5-13(2)14(3)11-15/h4-7,10-11,21H,8H2,1-3H3. The number of hydrogen-bond acceptors (Lipinski definition) is 1. The number of aromatic amines is 1. The number of fused-ring (bicyclic) bond motifs is 1. The van der Waals surface area contributed by atoms with E-state index in [0.717, 1.165) is 27.7 Å². The van der Waals surface area contributed by atoms with Crippen molar-refractivity contribution in [2.45, 2.75) is 27.2 Å². The zero-order valence-corrected chi connectivity index (χ0v) is 12.6. The van der Waals surface area contributed by atoms with Gasteiger partial charge in [0.25, 0.3) is 0 Å². The minimum absolute atomic E-state index is 0.422. The molecule has 1 N–H and O–H groups in total. The van der Waals surface area contributed by atoms with Crippen molar-refractivity contribution in [2.24, 2.45) is 0 Å². The van der Waals surface area contributed by atoms with Gasteiger partial charge < -0.3 is 4.98 Å². The monoisotopic (exact) mass is 274 g/mol. The minimum Gasteiger partial charge on any atom is -0.354 e. The molecule has 3 rings (SSSR count). The van der Waals surface area contributed by atoms with E-state index in [-0.39, 0.29) is 0 Å². The quantitative estimate of drug-likeness (QED) is 0.714. The smallest absolute Gasteiger partial charge is 0.0670 e. The van der Waals surface area contributed by atoms with E-state index in [4.69, 9.17) is 0 Å². The van der Waals surface area contributed by atoms with Crippen LogP contribution in [0.3, 0.4) is 0 Å². The molecule has 2 nitrogen and oxygen atoms in total. The highest BCUT2D eigenvalue weighted by Gasteiger charge is 2.13. The molecule has 104 valence electrons. The summed E-state index contributed by atoms with van der Waals surface area (Å²) < 4.78 is 0. The van der Waals surface area contributed by atoms with E-state index in [1.807, 2.05) is 0 Å². The van der Waals surface area contributed by atoms with Crippen molar-refractivity contribution in [3.8, 4) is 17.3 Å². The maximum atomic E-state index is 9.17. The van der Waals surface area contributed by atoms with Crippen LogP contribution in [0.25, 0.3) is 22.2 Å². The molecule has 1 aromatic heterocycles. The number of nitrogens with one attached hydrogen (secondary N) is 1. The Labute approximate surface area is 125 Å². The molecule has 2 heteroatoms. The van der Waals surface area contributed by atoms with Gasteiger partial charge in [-0.25, -0.2) is 0 Å². The molecule has 0 amide bonds. The number of nitrogens with zero attached hydrogens (tertiary/aromatic N) is 1. The van der Waals surface area contributed by atoms with Crippen molar-refractivity contribution < 1.29 is 0 Å². The van der Waals surface area contributed by atoms with Crippen LogP contribution in [-0.4, -0.2) is 4.98 Å². The summed E-state index contributed by atoms with van der Waals surface area (Å²) in [5.41, 5.74) is 8.18. The van der Waals surface area contributed by atoms with E-state index in [1.165, 1.54) is 16.7 Å². The van der Waals surface area contributed by atoms with E-state index >= 15 is 0 Å². The number of aryl methyl sites for hydroxylation is 3. The van der Waals surface area contributed by atoms with Crippen LogP contribution in [0.1, 0.15) is 22.3 Å². The maximum absolute atomic E-state index is 9.17. The normalized spacial score (nSPS) is 10.8. The third-order valence-electron chi connectivity index (χ3n) is 4.11. The first kappa shape index (κ1) is 13.5. The summed E-state index contributed by atoms with van der Waals surface area (Å²) in [7, 11) is 0. The predicted octanol–water partition coefficient (Wildman–Crippen LogP) is 4.83. The fourth-order valence-corrected chi connectivity index (χ4v) is 2.77. The number of aromatic nitrogens is 1. The SMILES string of the molecule is Cc1ccc2[nH]c(-c3ccc(C)c(C)c3)c(CC#N)c2c1. The van der Waals surface area contributed by atoms with Gasteiger partial charge in [0.1, 0.15) is 0 Å². The highest BCUT2D eigenvalue weighted by Crippen LogP contribution is 2.32. The van der Waals surface area contributed by atoms with E-state index in [2.05, 4.69) is 68.2 Å². The Morgan fingerprint density at radius 3 is 2.52 bits per heavy atom. The number of hydrogen-bond donors (Lipinski definition) is 1. The van der Waals surface area contributed by atoms with Crippen LogP contribution in [0.5, 0.6) is 0 Å². The zero-order chi connectivity index (χ0) is 15.0. The van der Waals surface area contributed by atoms with Crippen molar-refractivity contribution in [2.75, 3.05) is 0 Å². The van der Waals surface area contributed by atoms with Crippen LogP contribution < -0.4 is 0 Å². The maximum Gasteiger partial charge on any atom is 0.0670 e. The minimum atomic E-state index is 0.422. The Balaban J connectivity index is 2.28. The third kappa shape index (κ3) is 2.32. The largest absolute Gasteiger partial charge is 0.354 e. The summed E-state index contributed by atoms with van der Waals surface area (Å²) in [6, 6.07) is 15.1. The Morgan fingerprint density at radius 2 is 1.81 bits per heavy atom. The van der Waals surface area contributed by atoms with Crippen LogP contribution >= 0.6 is 0 Å². The summed E-state index contributed by atoms with van der Waals surface area (Å²) >= 11 is 0. The lowest BCUT2D eigenvalue weighted by Gasteiger charge is -2.05. The molecule has 0 bridgehead atoms. The number of benzene rings is 2. The zero-order valence-electron chi connectivity index (χ0n) is 12.6. The second-order valence-corrected chi connectivity index (χ2v) is 5.66. The van der Waals surface area contributed by atoms with Gasteiger partial charge in [-0.2, -0.15) is 5.26 Å². The summed E-state index contributed by atoms with van der Waals surface area (Å²) in [6.45, 7) is 6.32. The molecule has 0 aliphatic carbocycles. The van der Waals surface area contributed by atoms with Crippen LogP contribution in [0.4, 0.5) is 0 Å². The Morgan fingerprint density at radius 1 is 1.00 bits per heavy atom. The molecule has 0 saturated heterocycles. The van der Waals surface area contributed by atoms with Crippen molar-refractivity contribution in [3.05, 3.63) is 58.7 Å². The first-order valence-electron chi connectivity index (χ1n) is 7.16. The van der Waals surface area contributed by atoms with Gasteiger partial charge in [-0.1, -0.05) is 23.8 Å². The van der Waals surface area contributed by atoms with Crippen LogP contribution in [-0.2, 0) is 6.42 Å². The van der Waals surface area contributed by atoms with Gasteiger partial charge >= 0.3 is 0 Å². The van der Waals surface area contributed by atoms with Crippen molar-refractivity contribution in [1.29, 1.82) is 5.26 Å². The fraction of sp³-hybridized carbons (Fsp3) is 0.211. The van der Waals surface area contributed by atoms with Gasteiger partial charge in [-0.05, 0) is 61.2 Å². The summed E-state index contributed by atoms with van der Waals surface area (Å²) in [4.78, 5) is 3.49. The Bertz CT molecular complexity index is 863. The number of rotatable bonds is 2. The Hall–Kier alpha value is -2.53. The fourth-order valence-electron chi connectivity index (χ4n) is 2.77. The molecule has 0 atom stereocenters. The van der Waals surface area contributed by atoms with E-state index in [9.17, 15) is 5.26 Å². The molecule has 21 heavy (non-hydrogen) atoms. The average molecular weight is 274 g/mol. The molecule has 0 aliphatic heterocycles. The highest BCUT2D eigenvalue weighted by atomic mass is 14.7. The van der Waals surface area contributed by atoms with Crippen molar-refractivity contribution in [1.82, 2.24) is 4.98 Å². The lowest BCUT2D eigenvalue weighted by molar-refractivity contribution is 1.27.